The summed E-state index contributed by atoms with van der Waals surface area (Å²) in [6.45, 7) is 15.2. The van der Waals surface area contributed by atoms with Gasteiger partial charge in [0.05, 0.1) is 46.9 Å². The van der Waals surface area contributed by atoms with Crippen LogP contribution < -0.4 is 10.2 Å². The lowest BCUT2D eigenvalue weighted by atomic mass is 9.72. The highest BCUT2D eigenvalue weighted by atomic mass is 19.1. The van der Waals surface area contributed by atoms with Crippen LogP contribution in [-0.4, -0.2) is 92.6 Å². The van der Waals surface area contributed by atoms with Crippen molar-refractivity contribution in [1.29, 1.82) is 0 Å². The monoisotopic (exact) mass is 734 g/mol. The highest BCUT2D eigenvalue weighted by Gasteiger charge is 2.57. The van der Waals surface area contributed by atoms with Crippen molar-refractivity contribution in [2.45, 2.75) is 96.7 Å². The second kappa shape index (κ2) is 12.8. The number of ether oxygens (including phenoxy) is 1. The molecular formula is C42H51FN8O3. The minimum absolute atomic E-state index is 0.107. The van der Waals surface area contributed by atoms with Crippen molar-refractivity contribution in [3.05, 3.63) is 60.4 Å². The molecule has 12 heteroatoms. The fourth-order valence-corrected chi connectivity index (χ4v) is 9.73. The van der Waals surface area contributed by atoms with E-state index in [9.17, 15) is 14.0 Å². The molecule has 1 atom stereocenters. The van der Waals surface area contributed by atoms with E-state index in [2.05, 4.69) is 66.0 Å². The number of imidazole rings is 1. The molecule has 11 nitrogen and oxygen atoms in total. The van der Waals surface area contributed by atoms with Crippen molar-refractivity contribution >= 4 is 40.0 Å². The standard InChI is InChI=1S/C42H51FN8O3/c1-26(2)50-25-45-34-21-33(47-37(36(34)50)46-32-8-13-44-22-31(32)43)27-6-7-30-35(18-27)51(29-19-28(20-29)49-14-9-40(3,4)23-49)39(53)42(30)10-15-48(16-11-42)38(52)41(5)12-17-54-24-41/h6-8,13,18,21-22,25-26,28-29H,9-12,14-17,19-20,23-24H2,1-5H3,(H,44,46,47)/t28?,29?,41-/m0/s1. The lowest BCUT2D eigenvalue weighted by Crippen LogP contribution is -2.58. The Kier molecular flexibility index (Phi) is 8.39. The minimum atomic E-state index is -0.683. The number of aromatic nitrogens is 4. The number of rotatable bonds is 7. The maximum absolute atomic E-state index is 15.0. The fraction of sp³-hybridized carbons (Fsp3) is 0.548. The number of hydrogen-bond acceptors (Lipinski definition) is 8. The SMILES string of the molecule is CC(C)n1cnc2cc(-c3ccc4c(c3)N(C3CC(N5CCC(C)(C)C5)C3)C(=O)C43CCN(C(=O)[C@@]4(C)CCOC4)CC3)nc(Nc3ccncc3F)c21. The number of hydrogen-bond donors (Lipinski definition) is 1. The third-order valence-electron chi connectivity index (χ3n) is 13.1. The van der Waals surface area contributed by atoms with E-state index in [0.29, 0.717) is 62.1 Å². The second-order valence-corrected chi connectivity index (χ2v) is 17.8. The quantitative estimate of drug-likeness (QED) is 0.220. The van der Waals surface area contributed by atoms with Gasteiger partial charge >= 0.3 is 0 Å². The van der Waals surface area contributed by atoms with E-state index in [4.69, 9.17) is 14.7 Å². The molecular weight excluding hydrogens is 684 g/mol. The molecule has 0 bridgehead atoms. The molecule has 4 aliphatic heterocycles. The number of pyridine rings is 2. The Labute approximate surface area is 316 Å². The van der Waals surface area contributed by atoms with Crippen LogP contribution >= 0.6 is 0 Å². The van der Waals surface area contributed by atoms with E-state index in [-0.39, 0.29) is 29.6 Å². The van der Waals surface area contributed by atoms with Gasteiger partial charge in [0.15, 0.2) is 11.6 Å². The molecule has 1 aliphatic carbocycles. The van der Waals surface area contributed by atoms with Gasteiger partial charge in [-0.15, -0.1) is 0 Å². The highest BCUT2D eigenvalue weighted by Crippen LogP contribution is 2.53. The molecule has 284 valence electrons. The maximum Gasteiger partial charge on any atom is 0.238 e. The number of halogens is 1. The third kappa shape index (κ3) is 5.70. The summed E-state index contributed by atoms with van der Waals surface area (Å²) < 4.78 is 22.5. The van der Waals surface area contributed by atoms with Crippen LogP contribution in [-0.2, 0) is 19.7 Å². The summed E-state index contributed by atoms with van der Waals surface area (Å²) in [7, 11) is 0. The molecule has 1 N–H and O–H groups in total. The second-order valence-electron chi connectivity index (χ2n) is 17.8. The number of likely N-dealkylation sites (tertiary alicyclic amines) is 2. The topological polar surface area (TPSA) is 109 Å². The van der Waals surface area contributed by atoms with Gasteiger partial charge in [-0.1, -0.05) is 26.0 Å². The van der Waals surface area contributed by atoms with Crippen LogP contribution in [0.25, 0.3) is 22.3 Å². The van der Waals surface area contributed by atoms with E-state index in [1.165, 1.54) is 12.6 Å². The first-order valence-electron chi connectivity index (χ1n) is 19.7. The van der Waals surface area contributed by atoms with Gasteiger partial charge in [0, 0.05) is 61.8 Å². The molecule has 1 saturated carbocycles. The summed E-state index contributed by atoms with van der Waals surface area (Å²) >= 11 is 0. The smallest absolute Gasteiger partial charge is 0.238 e. The zero-order valence-electron chi connectivity index (χ0n) is 32.1. The third-order valence-corrected chi connectivity index (χ3v) is 13.1. The number of fused-ring (bicyclic) bond motifs is 3. The summed E-state index contributed by atoms with van der Waals surface area (Å²) in [5, 5.41) is 3.24. The van der Waals surface area contributed by atoms with Crippen molar-refractivity contribution < 1.29 is 18.7 Å². The van der Waals surface area contributed by atoms with Crippen LogP contribution in [0.2, 0.25) is 0 Å². The minimum Gasteiger partial charge on any atom is -0.380 e. The van der Waals surface area contributed by atoms with Crippen molar-refractivity contribution in [3.8, 4) is 11.3 Å². The molecule has 4 fully saturated rings. The van der Waals surface area contributed by atoms with Crippen LogP contribution in [0.5, 0.6) is 0 Å². The van der Waals surface area contributed by atoms with Crippen LogP contribution in [0, 0.1) is 16.6 Å². The molecule has 0 unspecified atom stereocenters. The number of benzene rings is 1. The first-order valence-corrected chi connectivity index (χ1v) is 19.7. The zero-order valence-corrected chi connectivity index (χ0v) is 32.1. The van der Waals surface area contributed by atoms with Gasteiger partial charge in [-0.05, 0) is 95.0 Å². The van der Waals surface area contributed by atoms with Gasteiger partial charge in [-0.2, -0.15) is 0 Å². The Bertz CT molecular complexity index is 2130. The van der Waals surface area contributed by atoms with Gasteiger partial charge < -0.3 is 24.4 Å². The molecule has 1 spiro atoms. The molecule has 1 aromatic carbocycles. The first kappa shape index (κ1) is 35.3. The Morgan fingerprint density at radius 1 is 1.02 bits per heavy atom. The number of carbonyl (C=O) groups excluding carboxylic acids is 2. The fourth-order valence-electron chi connectivity index (χ4n) is 9.73. The van der Waals surface area contributed by atoms with Gasteiger partial charge in [0.25, 0.3) is 0 Å². The van der Waals surface area contributed by atoms with Gasteiger partial charge in [0.2, 0.25) is 11.8 Å². The Hall–Kier alpha value is -4.42. The molecule has 3 aromatic heterocycles. The molecule has 4 aromatic rings. The van der Waals surface area contributed by atoms with Crippen LogP contribution in [0.4, 0.5) is 21.6 Å². The molecule has 5 aliphatic rings. The predicted octanol–water partition coefficient (Wildman–Crippen LogP) is 6.85. The molecule has 3 saturated heterocycles. The number of anilines is 3. The lowest BCUT2D eigenvalue weighted by molar-refractivity contribution is -0.144. The Balaban J connectivity index is 1.08. The molecule has 2 amide bonds. The number of amides is 2. The van der Waals surface area contributed by atoms with E-state index in [1.54, 1.807) is 18.6 Å². The zero-order chi connectivity index (χ0) is 37.6. The average Bonchev–Trinajstić information content (AvgIpc) is 3.91. The summed E-state index contributed by atoms with van der Waals surface area (Å²) in [4.78, 5) is 49.1. The Morgan fingerprint density at radius 3 is 2.50 bits per heavy atom. The van der Waals surface area contributed by atoms with Crippen molar-refractivity contribution in [2.75, 3.05) is 49.6 Å². The van der Waals surface area contributed by atoms with E-state index in [0.717, 1.165) is 60.2 Å². The van der Waals surface area contributed by atoms with Crippen LogP contribution in [0.1, 0.15) is 84.7 Å². The summed E-state index contributed by atoms with van der Waals surface area (Å²) in [5.74, 6) is 0.329. The van der Waals surface area contributed by atoms with Crippen molar-refractivity contribution in [3.63, 3.8) is 0 Å². The maximum atomic E-state index is 15.0. The number of nitrogens with zero attached hydrogens (tertiary/aromatic N) is 7. The van der Waals surface area contributed by atoms with E-state index < -0.39 is 16.6 Å². The van der Waals surface area contributed by atoms with Crippen LogP contribution in [0.3, 0.4) is 0 Å². The van der Waals surface area contributed by atoms with Crippen LogP contribution in [0.15, 0.2) is 49.1 Å². The van der Waals surface area contributed by atoms with Gasteiger partial charge in [-0.25, -0.2) is 14.4 Å². The van der Waals surface area contributed by atoms with Crippen molar-refractivity contribution in [2.24, 2.45) is 10.8 Å². The van der Waals surface area contributed by atoms with Gasteiger partial charge in [-0.3, -0.25) is 19.5 Å². The lowest BCUT2D eigenvalue weighted by Gasteiger charge is -2.47. The van der Waals surface area contributed by atoms with Crippen molar-refractivity contribution in [1.82, 2.24) is 29.3 Å². The average molecular weight is 735 g/mol. The predicted molar refractivity (Wildman–Crippen MR) is 206 cm³/mol. The number of piperidine rings is 1. The Morgan fingerprint density at radius 2 is 1.81 bits per heavy atom. The number of carbonyl (C=O) groups is 2. The molecule has 9 rings (SSSR count). The largest absolute Gasteiger partial charge is 0.380 e. The summed E-state index contributed by atoms with van der Waals surface area (Å²) in [6.07, 6.45) is 9.55. The summed E-state index contributed by atoms with van der Waals surface area (Å²) in [5.41, 5.74) is 4.49. The summed E-state index contributed by atoms with van der Waals surface area (Å²) in [6, 6.07) is 10.6. The normalized spacial score (nSPS) is 26.2. The highest BCUT2D eigenvalue weighted by molar-refractivity contribution is 6.09. The molecule has 7 heterocycles. The molecule has 0 radical (unpaired) electrons. The first-order chi connectivity index (χ1) is 25.9. The molecule has 54 heavy (non-hydrogen) atoms. The van der Waals surface area contributed by atoms with E-state index in [1.807, 2.05) is 22.5 Å². The van der Waals surface area contributed by atoms with Gasteiger partial charge in [0.1, 0.15) is 5.52 Å². The van der Waals surface area contributed by atoms with E-state index >= 15 is 0 Å². The number of nitrogens with one attached hydrogen (secondary N) is 1.